The molecule has 86 valence electrons. The molecule has 15 heavy (non-hydrogen) atoms. The van der Waals surface area contributed by atoms with Crippen molar-refractivity contribution >= 4 is 5.78 Å². The lowest BCUT2D eigenvalue weighted by Gasteiger charge is -2.33. The molecular formula is C12H22N2O. The molecule has 2 rings (SSSR count). The zero-order valence-corrected chi connectivity index (χ0v) is 9.67. The van der Waals surface area contributed by atoms with Crippen molar-refractivity contribution in [3.8, 4) is 0 Å². The smallest absolute Gasteiger partial charge is 0.137 e. The van der Waals surface area contributed by atoms with Gasteiger partial charge in [0, 0.05) is 38.0 Å². The fourth-order valence-corrected chi connectivity index (χ4v) is 2.74. The number of Topliss-reactive ketones (excluding diaryl/α,β-unsaturated/α-hetero) is 1. The van der Waals surface area contributed by atoms with E-state index in [1.54, 1.807) is 0 Å². The predicted molar refractivity (Wildman–Crippen MR) is 60.9 cm³/mol. The fourth-order valence-electron chi connectivity index (χ4n) is 2.74. The van der Waals surface area contributed by atoms with Gasteiger partial charge < -0.3 is 10.2 Å². The summed E-state index contributed by atoms with van der Waals surface area (Å²) < 4.78 is 0. The summed E-state index contributed by atoms with van der Waals surface area (Å²) in [5.74, 6) is 0.897. The first kappa shape index (κ1) is 11.1. The Morgan fingerprint density at radius 3 is 2.80 bits per heavy atom. The van der Waals surface area contributed by atoms with Crippen LogP contribution in [0.25, 0.3) is 0 Å². The van der Waals surface area contributed by atoms with Gasteiger partial charge in [-0.15, -0.1) is 0 Å². The van der Waals surface area contributed by atoms with Crippen LogP contribution in [0.15, 0.2) is 0 Å². The molecule has 1 heterocycles. The monoisotopic (exact) mass is 210 g/mol. The summed E-state index contributed by atoms with van der Waals surface area (Å²) in [6.07, 6.45) is 5.56. The van der Waals surface area contributed by atoms with Crippen LogP contribution in [0, 0.1) is 5.92 Å². The first-order chi connectivity index (χ1) is 7.27. The lowest BCUT2D eigenvalue weighted by Crippen LogP contribution is -2.50. The van der Waals surface area contributed by atoms with Gasteiger partial charge in [0.1, 0.15) is 5.78 Å². The van der Waals surface area contributed by atoms with Crippen molar-refractivity contribution in [3.05, 3.63) is 0 Å². The number of carbonyl (C=O) groups excluding carboxylic acids is 1. The molecule has 0 radical (unpaired) electrons. The van der Waals surface area contributed by atoms with E-state index in [1.165, 1.54) is 12.8 Å². The van der Waals surface area contributed by atoms with Crippen LogP contribution < -0.4 is 5.32 Å². The molecule has 1 unspecified atom stereocenters. The van der Waals surface area contributed by atoms with Crippen molar-refractivity contribution < 1.29 is 4.79 Å². The van der Waals surface area contributed by atoms with Crippen LogP contribution in [0.1, 0.15) is 32.1 Å². The molecule has 1 saturated carbocycles. The number of hydrogen-bond donors (Lipinski definition) is 1. The third kappa shape index (κ3) is 2.79. The van der Waals surface area contributed by atoms with E-state index in [0.717, 1.165) is 38.9 Å². The quantitative estimate of drug-likeness (QED) is 0.755. The van der Waals surface area contributed by atoms with Gasteiger partial charge in [0.2, 0.25) is 0 Å². The van der Waals surface area contributed by atoms with Crippen LogP contribution in [0.4, 0.5) is 0 Å². The molecular weight excluding hydrogens is 188 g/mol. The van der Waals surface area contributed by atoms with Crippen LogP contribution in [0.5, 0.6) is 0 Å². The van der Waals surface area contributed by atoms with Crippen molar-refractivity contribution in [2.24, 2.45) is 5.92 Å². The SMILES string of the molecule is CN1CCNCC1CC(=O)C1CCCC1. The van der Waals surface area contributed by atoms with E-state index in [9.17, 15) is 4.79 Å². The van der Waals surface area contributed by atoms with Crippen LogP contribution >= 0.6 is 0 Å². The van der Waals surface area contributed by atoms with Crippen molar-refractivity contribution in [2.75, 3.05) is 26.7 Å². The second kappa shape index (κ2) is 5.08. The number of nitrogens with zero attached hydrogens (tertiary/aromatic N) is 1. The average molecular weight is 210 g/mol. The van der Waals surface area contributed by atoms with Gasteiger partial charge in [-0.2, -0.15) is 0 Å². The highest BCUT2D eigenvalue weighted by Crippen LogP contribution is 2.27. The van der Waals surface area contributed by atoms with Gasteiger partial charge in [0.05, 0.1) is 0 Å². The Morgan fingerprint density at radius 1 is 1.40 bits per heavy atom. The lowest BCUT2D eigenvalue weighted by molar-refractivity contribution is -0.124. The van der Waals surface area contributed by atoms with E-state index in [-0.39, 0.29) is 0 Å². The van der Waals surface area contributed by atoms with E-state index in [4.69, 9.17) is 0 Å². The van der Waals surface area contributed by atoms with E-state index < -0.39 is 0 Å². The lowest BCUT2D eigenvalue weighted by atomic mass is 9.95. The van der Waals surface area contributed by atoms with Gasteiger partial charge in [0.15, 0.2) is 0 Å². The van der Waals surface area contributed by atoms with Gasteiger partial charge in [-0.1, -0.05) is 12.8 Å². The number of ketones is 1. The molecule has 0 spiro atoms. The minimum Gasteiger partial charge on any atom is -0.314 e. The minimum absolute atomic E-state index is 0.389. The standard InChI is InChI=1S/C12H22N2O/c1-14-7-6-13-9-11(14)8-12(15)10-4-2-3-5-10/h10-11,13H,2-9H2,1H3. The van der Waals surface area contributed by atoms with Gasteiger partial charge in [-0.3, -0.25) is 4.79 Å². The van der Waals surface area contributed by atoms with Crippen LogP contribution in [0.2, 0.25) is 0 Å². The third-order valence-electron chi connectivity index (χ3n) is 3.89. The number of likely N-dealkylation sites (N-methyl/N-ethyl adjacent to an activating group) is 1. The Morgan fingerprint density at radius 2 is 2.13 bits per heavy atom. The summed E-state index contributed by atoms with van der Waals surface area (Å²) in [5.41, 5.74) is 0. The molecule has 1 aliphatic carbocycles. The maximum atomic E-state index is 12.0. The fraction of sp³-hybridized carbons (Fsp3) is 0.917. The van der Waals surface area contributed by atoms with Gasteiger partial charge in [-0.25, -0.2) is 0 Å². The third-order valence-corrected chi connectivity index (χ3v) is 3.89. The zero-order chi connectivity index (χ0) is 10.7. The zero-order valence-electron chi connectivity index (χ0n) is 9.67. The summed E-state index contributed by atoms with van der Waals surface area (Å²) in [7, 11) is 2.13. The highest BCUT2D eigenvalue weighted by molar-refractivity contribution is 5.81. The average Bonchev–Trinajstić information content (AvgIpc) is 2.74. The number of hydrogen-bond acceptors (Lipinski definition) is 3. The highest BCUT2D eigenvalue weighted by atomic mass is 16.1. The van der Waals surface area contributed by atoms with E-state index in [2.05, 4.69) is 17.3 Å². The van der Waals surface area contributed by atoms with E-state index in [0.29, 0.717) is 17.7 Å². The molecule has 2 aliphatic rings. The summed E-state index contributed by atoms with van der Waals surface area (Å²) >= 11 is 0. The summed E-state index contributed by atoms with van der Waals surface area (Å²) in [6.45, 7) is 3.11. The van der Waals surface area contributed by atoms with Crippen molar-refractivity contribution in [3.63, 3.8) is 0 Å². The maximum absolute atomic E-state index is 12.0. The molecule has 1 saturated heterocycles. The molecule has 1 N–H and O–H groups in total. The largest absolute Gasteiger partial charge is 0.314 e. The molecule has 0 amide bonds. The van der Waals surface area contributed by atoms with Crippen molar-refractivity contribution in [1.29, 1.82) is 0 Å². The second-order valence-electron chi connectivity index (χ2n) is 4.99. The molecule has 0 aromatic heterocycles. The van der Waals surface area contributed by atoms with Gasteiger partial charge >= 0.3 is 0 Å². The number of piperazine rings is 1. The Kier molecular flexibility index (Phi) is 3.76. The maximum Gasteiger partial charge on any atom is 0.137 e. The van der Waals surface area contributed by atoms with Crippen LogP contribution in [-0.2, 0) is 4.79 Å². The summed E-state index contributed by atoms with van der Waals surface area (Å²) in [5, 5.41) is 3.37. The number of nitrogens with one attached hydrogen (secondary N) is 1. The molecule has 1 aliphatic heterocycles. The summed E-state index contributed by atoms with van der Waals surface area (Å²) in [4.78, 5) is 14.3. The van der Waals surface area contributed by atoms with Crippen LogP contribution in [0.3, 0.4) is 0 Å². The predicted octanol–water partition coefficient (Wildman–Crippen LogP) is 1.04. The first-order valence-electron chi connectivity index (χ1n) is 6.21. The summed E-state index contributed by atoms with van der Waals surface area (Å²) in [6, 6.07) is 0.437. The Labute approximate surface area is 92.2 Å². The van der Waals surface area contributed by atoms with E-state index >= 15 is 0 Å². The molecule has 1 atom stereocenters. The number of carbonyl (C=O) groups is 1. The molecule has 0 bridgehead atoms. The number of rotatable bonds is 3. The van der Waals surface area contributed by atoms with Crippen LogP contribution in [-0.4, -0.2) is 43.4 Å². The van der Waals surface area contributed by atoms with E-state index in [1.807, 2.05) is 0 Å². The Hall–Kier alpha value is -0.410. The molecule has 0 aromatic rings. The van der Waals surface area contributed by atoms with Crippen molar-refractivity contribution in [2.45, 2.75) is 38.1 Å². The highest BCUT2D eigenvalue weighted by Gasteiger charge is 2.27. The topological polar surface area (TPSA) is 32.3 Å². The molecule has 3 heteroatoms. The Bertz CT molecular complexity index is 224. The molecule has 2 fully saturated rings. The second-order valence-corrected chi connectivity index (χ2v) is 4.99. The Balaban J connectivity index is 1.81. The van der Waals surface area contributed by atoms with Crippen molar-refractivity contribution in [1.82, 2.24) is 10.2 Å². The molecule has 0 aromatic carbocycles. The normalized spacial score (nSPS) is 29.5. The minimum atomic E-state index is 0.389. The first-order valence-corrected chi connectivity index (χ1v) is 6.21. The van der Waals surface area contributed by atoms with Gasteiger partial charge in [-0.05, 0) is 19.9 Å². The van der Waals surface area contributed by atoms with Gasteiger partial charge in [0.25, 0.3) is 0 Å². The molecule has 3 nitrogen and oxygen atoms in total.